The molecule has 3 N–H and O–H groups in total. The number of imidazole rings is 1. The standard InChI is InChI=1S/C20H24N4O2/c1-26-17(11-21)10-20(25)22-12-15-5-4-6-16(9-15)13-24-14-23-18-7-2-3-8-19(18)24/h2-9,14,17H,10-13,21H2,1H3,(H,22,25). The number of ether oxygens (including phenoxy) is 1. The van der Waals surface area contributed by atoms with Gasteiger partial charge in [-0.25, -0.2) is 4.98 Å². The molecule has 0 bridgehead atoms. The summed E-state index contributed by atoms with van der Waals surface area (Å²) in [5.41, 5.74) is 9.87. The van der Waals surface area contributed by atoms with Gasteiger partial charge in [0.1, 0.15) is 0 Å². The van der Waals surface area contributed by atoms with Gasteiger partial charge in [-0.1, -0.05) is 36.4 Å². The second kappa shape index (κ2) is 8.60. The quantitative estimate of drug-likeness (QED) is 0.650. The number of nitrogens with two attached hydrogens (primary N) is 1. The first-order valence-electron chi connectivity index (χ1n) is 8.67. The van der Waals surface area contributed by atoms with Crippen molar-refractivity contribution < 1.29 is 9.53 Å². The molecule has 0 aliphatic heterocycles. The molecule has 1 amide bonds. The first-order valence-corrected chi connectivity index (χ1v) is 8.67. The molecule has 6 nitrogen and oxygen atoms in total. The van der Waals surface area contributed by atoms with E-state index in [1.807, 2.05) is 36.7 Å². The summed E-state index contributed by atoms with van der Waals surface area (Å²) >= 11 is 0. The fourth-order valence-electron chi connectivity index (χ4n) is 2.91. The minimum absolute atomic E-state index is 0.0618. The van der Waals surface area contributed by atoms with Crippen LogP contribution in [0.3, 0.4) is 0 Å². The number of methoxy groups -OCH3 is 1. The van der Waals surface area contributed by atoms with Crippen molar-refractivity contribution in [3.8, 4) is 0 Å². The monoisotopic (exact) mass is 352 g/mol. The molecule has 0 saturated carbocycles. The minimum atomic E-state index is -0.240. The minimum Gasteiger partial charge on any atom is -0.380 e. The summed E-state index contributed by atoms with van der Waals surface area (Å²) in [7, 11) is 1.56. The van der Waals surface area contributed by atoms with Crippen LogP contribution in [0.5, 0.6) is 0 Å². The Bertz CT molecular complexity index is 871. The van der Waals surface area contributed by atoms with Crippen molar-refractivity contribution in [1.82, 2.24) is 14.9 Å². The van der Waals surface area contributed by atoms with Crippen molar-refractivity contribution in [2.45, 2.75) is 25.6 Å². The van der Waals surface area contributed by atoms with E-state index in [-0.39, 0.29) is 18.4 Å². The lowest BCUT2D eigenvalue weighted by Gasteiger charge is -2.13. The van der Waals surface area contributed by atoms with Gasteiger partial charge in [0.05, 0.1) is 29.9 Å². The topological polar surface area (TPSA) is 82.2 Å². The van der Waals surface area contributed by atoms with Crippen LogP contribution in [-0.2, 0) is 22.6 Å². The summed E-state index contributed by atoms with van der Waals surface area (Å²) < 4.78 is 7.26. The SMILES string of the molecule is COC(CN)CC(=O)NCc1cccc(Cn2cnc3ccccc32)c1. The predicted molar refractivity (Wildman–Crippen MR) is 102 cm³/mol. The fraction of sp³-hybridized carbons (Fsp3) is 0.300. The Labute approximate surface area is 153 Å². The number of hydrogen-bond acceptors (Lipinski definition) is 4. The molecule has 26 heavy (non-hydrogen) atoms. The van der Waals surface area contributed by atoms with Crippen LogP contribution in [0.4, 0.5) is 0 Å². The molecular weight excluding hydrogens is 328 g/mol. The summed E-state index contributed by atoms with van der Waals surface area (Å²) in [4.78, 5) is 16.4. The maximum absolute atomic E-state index is 12.0. The van der Waals surface area contributed by atoms with Gasteiger partial charge in [0, 0.05) is 26.7 Å². The molecule has 6 heteroatoms. The van der Waals surface area contributed by atoms with Gasteiger partial charge in [-0.15, -0.1) is 0 Å². The highest BCUT2D eigenvalue weighted by molar-refractivity contribution is 5.76. The molecule has 0 spiro atoms. The lowest BCUT2D eigenvalue weighted by atomic mass is 10.1. The second-order valence-corrected chi connectivity index (χ2v) is 6.26. The van der Waals surface area contributed by atoms with Crippen molar-refractivity contribution >= 4 is 16.9 Å². The Hall–Kier alpha value is -2.70. The molecule has 0 aliphatic rings. The van der Waals surface area contributed by atoms with E-state index in [0.717, 1.165) is 28.7 Å². The molecule has 1 unspecified atom stereocenters. The van der Waals surface area contributed by atoms with Gasteiger partial charge in [0.2, 0.25) is 5.91 Å². The fourth-order valence-corrected chi connectivity index (χ4v) is 2.91. The zero-order valence-corrected chi connectivity index (χ0v) is 14.9. The van der Waals surface area contributed by atoms with Crippen LogP contribution in [-0.4, -0.2) is 35.2 Å². The normalized spacial score (nSPS) is 12.2. The van der Waals surface area contributed by atoms with Gasteiger partial charge in [0.15, 0.2) is 0 Å². The Morgan fingerprint density at radius 3 is 2.85 bits per heavy atom. The maximum Gasteiger partial charge on any atom is 0.222 e. The van der Waals surface area contributed by atoms with Crippen LogP contribution < -0.4 is 11.1 Å². The van der Waals surface area contributed by atoms with Gasteiger partial charge >= 0.3 is 0 Å². The van der Waals surface area contributed by atoms with Crippen LogP contribution >= 0.6 is 0 Å². The molecule has 0 radical (unpaired) electrons. The number of nitrogens with zero attached hydrogens (tertiary/aromatic N) is 2. The number of nitrogens with one attached hydrogen (secondary N) is 1. The number of amides is 1. The van der Waals surface area contributed by atoms with Crippen molar-refractivity contribution in [3.05, 3.63) is 66.0 Å². The zero-order valence-electron chi connectivity index (χ0n) is 14.9. The molecule has 1 heterocycles. The number of rotatable bonds is 8. The van der Waals surface area contributed by atoms with E-state index in [4.69, 9.17) is 10.5 Å². The first kappa shape index (κ1) is 18.1. The maximum atomic E-state index is 12.0. The molecule has 3 aromatic rings. The molecule has 3 rings (SSSR count). The highest BCUT2D eigenvalue weighted by Crippen LogP contribution is 2.15. The number of fused-ring (bicyclic) bond motifs is 1. The van der Waals surface area contributed by atoms with E-state index in [0.29, 0.717) is 13.1 Å². The van der Waals surface area contributed by atoms with Gasteiger partial charge in [-0.05, 0) is 23.3 Å². The summed E-state index contributed by atoms with van der Waals surface area (Å²) in [5, 5.41) is 2.92. The van der Waals surface area contributed by atoms with E-state index < -0.39 is 0 Å². The highest BCUT2D eigenvalue weighted by atomic mass is 16.5. The Morgan fingerprint density at radius 2 is 2.04 bits per heavy atom. The molecule has 2 aromatic carbocycles. The second-order valence-electron chi connectivity index (χ2n) is 6.26. The number of aromatic nitrogens is 2. The van der Waals surface area contributed by atoms with E-state index in [1.165, 1.54) is 0 Å². The van der Waals surface area contributed by atoms with Crippen LogP contribution in [0.2, 0.25) is 0 Å². The van der Waals surface area contributed by atoms with Gasteiger partial charge in [0.25, 0.3) is 0 Å². The van der Waals surface area contributed by atoms with Gasteiger partial charge in [-0.2, -0.15) is 0 Å². The Kier molecular flexibility index (Phi) is 5.99. The molecule has 0 aliphatic carbocycles. The number of benzene rings is 2. The lowest BCUT2D eigenvalue weighted by molar-refractivity contribution is -0.123. The summed E-state index contributed by atoms with van der Waals surface area (Å²) in [6.45, 7) is 1.55. The van der Waals surface area contributed by atoms with Crippen molar-refractivity contribution in [1.29, 1.82) is 0 Å². The number of para-hydroxylation sites is 2. The van der Waals surface area contributed by atoms with E-state index in [2.05, 4.69) is 33.1 Å². The average molecular weight is 352 g/mol. The Balaban J connectivity index is 1.62. The van der Waals surface area contributed by atoms with Crippen LogP contribution in [0.15, 0.2) is 54.9 Å². The molecule has 136 valence electrons. The van der Waals surface area contributed by atoms with Gasteiger partial charge in [-0.3, -0.25) is 4.79 Å². The third-order valence-corrected chi connectivity index (χ3v) is 4.37. The van der Waals surface area contributed by atoms with E-state index >= 15 is 0 Å². The Morgan fingerprint density at radius 1 is 1.23 bits per heavy atom. The van der Waals surface area contributed by atoms with Crippen molar-refractivity contribution in [3.63, 3.8) is 0 Å². The van der Waals surface area contributed by atoms with Crippen molar-refractivity contribution in [2.24, 2.45) is 5.73 Å². The lowest BCUT2D eigenvalue weighted by Crippen LogP contribution is -2.31. The first-order chi connectivity index (χ1) is 12.7. The van der Waals surface area contributed by atoms with Crippen LogP contribution in [0.1, 0.15) is 17.5 Å². The third-order valence-electron chi connectivity index (χ3n) is 4.37. The molecule has 1 atom stereocenters. The summed E-state index contributed by atoms with van der Waals surface area (Å²) in [6.07, 6.45) is 1.89. The zero-order chi connectivity index (χ0) is 18.4. The molecule has 0 fully saturated rings. The molecular formula is C20H24N4O2. The number of carbonyl (C=O) groups is 1. The van der Waals surface area contributed by atoms with Crippen LogP contribution in [0, 0.1) is 0 Å². The van der Waals surface area contributed by atoms with Crippen LogP contribution in [0.25, 0.3) is 11.0 Å². The third kappa shape index (κ3) is 4.47. The molecule has 0 saturated heterocycles. The summed E-state index contributed by atoms with van der Waals surface area (Å²) in [5.74, 6) is -0.0618. The number of hydrogen-bond donors (Lipinski definition) is 2. The van der Waals surface area contributed by atoms with E-state index in [9.17, 15) is 4.79 Å². The average Bonchev–Trinajstić information content (AvgIpc) is 3.08. The molecule has 1 aromatic heterocycles. The van der Waals surface area contributed by atoms with Gasteiger partial charge < -0.3 is 20.4 Å². The highest BCUT2D eigenvalue weighted by Gasteiger charge is 2.11. The van der Waals surface area contributed by atoms with E-state index in [1.54, 1.807) is 7.11 Å². The largest absolute Gasteiger partial charge is 0.380 e. The predicted octanol–water partition coefficient (Wildman–Crippen LogP) is 2.06. The smallest absolute Gasteiger partial charge is 0.222 e. The number of carbonyl (C=O) groups excluding carboxylic acids is 1. The summed E-state index contributed by atoms with van der Waals surface area (Å²) in [6, 6.07) is 16.3. The van der Waals surface area contributed by atoms with Crippen molar-refractivity contribution in [2.75, 3.05) is 13.7 Å².